The van der Waals surface area contributed by atoms with Gasteiger partial charge >= 0.3 is 0 Å². The molecule has 0 unspecified atom stereocenters. The number of aldehydes is 1. The van der Waals surface area contributed by atoms with Gasteiger partial charge in [0.05, 0.1) is 5.60 Å². The van der Waals surface area contributed by atoms with Crippen LogP contribution in [0.4, 0.5) is 0 Å². The molecule has 3 rings (SSSR count). The Balaban J connectivity index is 1.68. The second kappa shape index (κ2) is 6.02. The van der Waals surface area contributed by atoms with Gasteiger partial charge in [0.15, 0.2) is 0 Å². The molecule has 3 aliphatic rings. The van der Waals surface area contributed by atoms with Crippen molar-refractivity contribution in [2.24, 2.45) is 23.2 Å². The van der Waals surface area contributed by atoms with Crippen LogP contribution in [0.15, 0.2) is 0 Å². The van der Waals surface area contributed by atoms with Crippen LogP contribution in [0, 0.1) is 23.2 Å². The summed E-state index contributed by atoms with van der Waals surface area (Å²) >= 11 is 0. The Morgan fingerprint density at radius 1 is 1.05 bits per heavy atom. The highest BCUT2D eigenvalue weighted by Gasteiger charge is 2.58. The Morgan fingerprint density at radius 2 is 1.81 bits per heavy atom. The Kier molecular flexibility index (Phi) is 4.45. The molecule has 21 heavy (non-hydrogen) atoms. The summed E-state index contributed by atoms with van der Waals surface area (Å²) in [6, 6.07) is 0. The maximum atomic E-state index is 11.4. The van der Waals surface area contributed by atoms with Crippen molar-refractivity contribution >= 4 is 6.29 Å². The molecule has 0 saturated heterocycles. The molecular formula is C19H32O2. The van der Waals surface area contributed by atoms with Gasteiger partial charge in [-0.05, 0) is 61.7 Å². The third-order valence-corrected chi connectivity index (χ3v) is 7.45. The molecule has 2 nitrogen and oxygen atoms in total. The molecule has 120 valence electrons. The zero-order valence-electron chi connectivity index (χ0n) is 13.7. The number of aliphatic hydroxyl groups is 1. The van der Waals surface area contributed by atoms with Crippen molar-refractivity contribution < 1.29 is 9.90 Å². The monoisotopic (exact) mass is 292 g/mol. The van der Waals surface area contributed by atoms with E-state index in [2.05, 4.69) is 6.92 Å². The zero-order valence-corrected chi connectivity index (χ0v) is 13.7. The highest BCUT2D eigenvalue weighted by molar-refractivity contribution is 5.49. The standard InChI is InChI=1S/C19H32O2/c1-18-11-9-16(15-6-3-2-4-7-15)14-19(18,21)12-10-17(18)8-5-13-20/h13,15-17,21H,2-12,14H2,1H3/t16-,17-,18+,19-/m0/s1. The van der Waals surface area contributed by atoms with Gasteiger partial charge in [-0.15, -0.1) is 0 Å². The number of carbonyl (C=O) groups is 1. The van der Waals surface area contributed by atoms with Gasteiger partial charge in [0.1, 0.15) is 6.29 Å². The summed E-state index contributed by atoms with van der Waals surface area (Å²) in [6.45, 7) is 2.31. The fourth-order valence-corrected chi connectivity index (χ4v) is 5.93. The lowest BCUT2D eigenvalue weighted by Gasteiger charge is -2.51. The quantitative estimate of drug-likeness (QED) is 0.775. The van der Waals surface area contributed by atoms with E-state index >= 15 is 0 Å². The van der Waals surface area contributed by atoms with Crippen LogP contribution in [0.3, 0.4) is 0 Å². The summed E-state index contributed by atoms with van der Waals surface area (Å²) in [6.07, 6.45) is 15.3. The highest BCUT2D eigenvalue weighted by atomic mass is 16.3. The minimum absolute atomic E-state index is 0.0706. The summed E-state index contributed by atoms with van der Waals surface area (Å²) in [7, 11) is 0. The SMILES string of the molecule is C[C@]12CC[C@H](C3CCCCC3)C[C@@]1(O)CC[C@@H]2CCC=O. The third-order valence-electron chi connectivity index (χ3n) is 7.45. The van der Waals surface area contributed by atoms with Crippen molar-refractivity contribution in [3.8, 4) is 0 Å². The lowest BCUT2D eigenvalue weighted by molar-refractivity contribution is -0.125. The van der Waals surface area contributed by atoms with Gasteiger partial charge in [-0.1, -0.05) is 39.0 Å². The Labute approximate surface area is 129 Å². The molecule has 0 aromatic rings. The molecule has 3 fully saturated rings. The van der Waals surface area contributed by atoms with Crippen molar-refractivity contribution in [2.45, 2.75) is 89.6 Å². The van der Waals surface area contributed by atoms with E-state index in [1.54, 1.807) is 0 Å². The van der Waals surface area contributed by atoms with E-state index in [1.165, 1.54) is 44.9 Å². The molecule has 1 N–H and O–H groups in total. The van der Waals surface area contributed by atoms with Crippen LogP contribution in [0.25, 0.3) is 0 Å². The molecule has 0 heterocycles. The van der Waals surface area contributed by atoms with Crippen LogP contribution >= 0.6 is 0 Å². The number of rotatable bonds is 4. The molecule has 0 aliphatic heterocycles. The molecule has 0 aromatic heterocycles. The predicted octanol–water partition coefficient (Wildman–Crippen LogP) is 4.49. The molecule has 3 saturated carbocycles. The fraction of sp³-hybridized carbons (Fsp3) is 0.947. The smallest absolute Gasteiger partial charge is 0.120 e. The molecule has 0 amide bonds. The minimum atomic E-state index is -0.444. The first-order chi connectivity index (χ1) is 10.1. The number of hydrogen-bond acceptors (Lipinski definition) is 2. The van der Waals surface area contributed by atoms with Crippen molar-refractivity contribution in [3.05, 3.63) is 0 Å². The van der Waals surface area contributed by atoms with Gasteiger partial charge < -0.3 is 9.90 Å². The zero-order chi connectivity index (χ0) is 14.9. The van der Waals surface area contributed by atoms with Gasteiger partial charge in [-0.2, -0.15) is 0 Å². The summed E-state index contributed by atoms with van der Waals surface area (Å²) in [5.74, 6) is 2.19. The summed E-state index contributed by atoms with van der Waals surface area (Å²) in [5.41, 5.74) is -0.373. The van der Waals surface area contributed by atoms with Crippen LogP contribution in [-0.2, 0) is 4.79 Å². The predicted molar refractivity (Wildman–Crippen MR) is 85.0 cm³/mol. The third kappa shape index (κ3) is 2.69. The van der Waals surface area contributed by atoms with Gasteiger partial charge in [0.25, 0.3) is 0 Å². The number of carbonyl (C=O) groups excluding carboxylic acids is 1. The summed E-state index contributed by atoms with van der Waals surface area (Å²) in [5, 5.41) is 11.4. The summed E-state index contributed by atoms with van der Waals surface area (Å²) in [4.78, 5) is 10.7. The van der Waals surface area contributed by atoms with Gasteiger partial charge in [0, 0.05) is 6.42 Å². The topological polar surface area (TPSA) is 37.3 Å². The average molecular weight is 292 g/mol. The van der Waals surface area contributed by atoms with Crippen LogP contribution in [0.1, 0.15) is 84.0 Å². The first-order valence-corrected chi connectivity index (χ1v) is 9.25. The van der Waals surface area contributed by atoms with E-state index in [4.69, 9.17) is 0 Å². The lowest BCUT2D eigenvalue weighted by atomic mass is 9.57. The lowest BCUT2D eigenvalue weighted by Crippen LogP contribution is -2.50. The van der Waals surface area contributed by atoms with E-state index in [9.17, 15) is 9.90 Å². The minimum Gasteiger partial charge on any atom is -0.389 e. The second-order valence-electron chi connectivity index (χ2n) is 8.33. The molecule has 2 heteroatoms. The average Bonchev–Trinajstić information content (AvgIpc) is 2.77. The van der Waals surface area contributed by atoms with Crippen molar-refractivity contribution in [1.82, 2.24) is 0 Å². The van der Waals surface area contributed by atoms with E-state index in [-0.39, 0.29) is 5.41 Å². The maximum Gasteiger partial charge on any atom is 0.120 e. The molecule has 0 aromatic carbocycles. The van der Waals surface area contributed by atoms with Crippen molar-refractivity contribution in [3.63, 3.8) is 0 Å². The normalized spacial score (nSPS) is 44.5. The van der Waals surface area contributed by atoms with Crippen LogP contribution in [0.2, 0.25) is 0 Å². The van der Waals surface area contributed by atoms with Gasteiger partial charge in [-0.3, -0.25) is 0 Å². The van der Waals surface area contributed by atoms with Gasteiger partial charge in [0.2, 0.25) is 0 Å². The van der Waals surface area contributed by atoms with Gasteiger partial charge in [-0.25, -0.2) is 0 Å². The number of hydrogen-bond donors (Lipinski definition) is 1. The van der Waals surface area contributed by atoms with E-state index in [1.807, 2.05) is 0 Å². The fourth-order valence-electron chi connectivity index (χ4n) is 5.93. The first-order valence-electron chi connectivity index (χ1n) is 9.25. The molecule has 4 atom stereocenters. The molecule has 3 aliphatic carbocycles. The highest BCUT2D eigenvalue weighted by Crippen LogP contribution is 2.61. The van der Waals surface area contributed by atoms with Crippen molar-refractivity contribution in [2.75, 3.05) is 0 Å². The summed E-state index contributed by atoms with van der Waals surface area (Å²) < 4.78 is 0. The second-order valence-corrected chi connectivity index (χ2v) is 8.33. The van der Waals surface area contributed by atoms with Crippen LogP contribution in [0.5, 0.6) is 0 Å². The molecular weight excluding hydrogens is 260 g/mol. The van der Waals surface area contributed by atoms with E-state index in [0.29, 0.717) is 12.3 Å². The molecule has 0 spiro atoms. The maximum absolute atomic E-state index is 11.4. The van der Waals surface area contributed by atoms with E-state index in [0.717, 1.165) is 43.8 Å². The van der Waals surface area contributed by atoms with Crippen LogP contribution < -0.4 is 0 Å². The van der Waals surface area contributed by atoms with Crippen LogP contribution in [-0.4, -0.2) is 17.0 Å². The Bertz CT molecular complexity index is 374. The van der Waals surface area contributed by atoms with Crippen molar-refractivity contribution in [1.29, 1.82) is 0 Å². The Hall–Kier alpha value is -0.370. The largest absolute Gasteiger partial charge is 0.389 e. The molecule has 0 radical (unpaired) electrons. The first kappa shape index (κ1) is 15.5. The Morgan fingerprint density at radius 3 is 2.52 bits per heavy atom. The number of fused-ring (bicyclic) bond motifs is 1. The van der Waals surface area contributed by atoms with E-state index < -0.39 is 5.60 Å². The molecule has 0 bridgehead atoms.